The average molecular weight is 428 g/mol. The Morgan fingerprint density at radius 3 is 3.03 bits per heavy atom. The van der Waals surface area contributed by atoms with Gasteiger partial charge in [-0.2, -0.15) is 0 Å². The van der Waals surface area contributed by atoms with Gasteiger partial charge in [0.2, 0.25) is 11.8 Å². The van der Waals surface area contributed by atoms with Crippen molar-refractivity contribution in [2.45, 2.75) is 38.3 Å². The molecule has 0 aromatic carbocycles. The van der Waals surface area contributed by atoms with Gasteiger partial charge in [-0.3, -0.25) is 19.9 Å². The van der Waals surface area contributed by atoms with Crippen molar-refractivity contribution in [1.82, 2.24) is 30.6 Å². The molecule has 10 heteroatoms. The van der Waals surface area contributed by atoms with Crippen LogP contribution in [0.15, 0.2) is 30.9 Å². The lowest BCUT2D eigenvalue weighted by atomic mass is 10.1. The van der Waals surface area contributed by atoms with Crippen LogP contribution >= 0.6 is 11.6 Å². The van der Waals surface area contributed by atoms with E-state index in [1.54, 1.807) is 31.6 Å². The number of aromatic nitrogens is 4. The van der Waals surface area contributed by atoms with E-state index in [1.807, 2.05) is 0 Å². The summed E-state index contributed by atoms with van der Waals surface area (Å²) in [5.41, 5.74) is 2.04. The van der Waals surface area contributed by atoms with E-state index >= 15 is 0 Å². The molecule has 0 spiro atoms. The van der Waals surface area contributed by atoms with E-state index < -0.39 is 6.04 Å². The van der Waals surface area contributed by atoms with Crippen LogP contribution in [0.4, 0.5) is 5.82 Å². The van der Waals surface area contributed by atoms with Crippen molar-refractivity contribution in [3.8, 4) is 11.3 Å². The molecule has 3 aromatic heterocycles. The molecule has 0 aliphatic carbocycles. The number of hydrogen-bond donors (Lipinski definition) is 4. The summed E-state index contributed by atoms with van der Waals surface area (Å²) in [6.07, 6.45) is 9.01. The molecule has 4 N–H and O–H groups in total. The Morgan fingerprint density at radius 2 is 2.17 bits per heavy atom. The summed E-state index contributed by atoms with van der Waals surface area (Å²) in [7, 11) is 0. The fourth-order valence-corrected chi connectivity index (χ4v) is 3.61. The predicted octanol–water partition coefficient (Wildman–Crippen LogP) is 2.26. The van der Waals surface area contributed by atoms with Gasteiger partial charge in [0, 0.05) is 29.9 Å². The van der Waals surface area contributed by atoms with Gasteiger partial charge in [-0.05, 0) is 32.3 Å². The summed E-state index contributed by atoms with van der Waals surface area (Å²) >= 11 is 6.07. The zero-order valence-corrected chi connectivity index (χ0v) is 17.2. The Morgan fingerprint density at radius 1 is 1.30 bits per heavy atom. The second-order valence-corrected chi connectivity index (χ2v) is 7.70. The molecule has 30 heavy (non-hydrogen) atoms. The number of nitrogens with one attached hydrogen (secondary N) is 4. The average Bonchev–Trinajstić information content (AvgIpc) is 3.04. The third-order valence-corrected chi connectivity index (χ3v) is 5.25. The highest BCUT2D eigenvalue weighted by atomic mass is 35.5. The van der Waals surface area contributed by atoms with Gasteiger partial charge in [0.25, 0.3) is 0 Å². The monoisotopic (exact) mass is 427 g/mol. The van der Waals surface area contributed by atoms with Crippen molar-refractivity contribution in [1.29, 1.82) is 0 Å². The molecule has 2 amide bonds. The minimum absolute atomic E-state index is 0.0689. The fraction of sp³-hybridized carbons (Fsp3) is 0.350. The van der Waals surface area contributed by atoms with Crippen molar-refractivity contribution in [3.05, 3.63) is 35.9 Å². The normalized spacial score (nSPS) is 17.9. The van der Waals surface area contributed by atoms with Crippen molar-refractivity contribution in [2.24, 2.45) is 0 Å². The maximum atomic E-state index is 12.6. The summed E-state index contributed by atoms with van der Waals surface area (Å²) < 4.78 is 0. The van der Waals surface area contributed by atoms with Gasteiger partial charge in [-0.15, -0.1) is 0 Å². The number of halogens is 1. The van der Waals surface area contributed by atoms with Crippen LogP contribution in [-0.2, 0) is 9.59 Å². The lowest BCUT2D eigenvalue weighted by Gasteiger charge is -2.20. The van der Waals surface area contributed by atoms with Crippen molar-refractivity contribution in [2.75, 3.05) is 11.9 Å². The molecule has 156 valence electrons. The molecular weight excluding hydrogens is 406 g/mol. The summed E-state index contributed by atoms with van der Waals surface area (Å²) in [6.45, 7) is 2.40. The van der Waals surface area contributed by atoms with E-state index in [1.165, 1.54) is 6.20 Å². The molecule has 2 atom stereocenters. The standard InChI is InChI=1S/C20H22ClN7O2/c1-11(26-15-4-2-3-5-23-20(15)30)19(29)28-17-10-22-9-16(27-17)14-8-25-18-13(14)6-12(21)7-24-18/h6-11,15,26H,2-5H2,1H3,(H,23,30)(H,24,25)(H,27,28,29)/t11-,15?/m1/s1. The number of carbonyl (C=O) groups excluding carboxylic acids is 2. The van der Waals surface area contributed by atoms with Crippen molar-refractivity contribution < 1.29 is 9.59 Å². The third-order valence-electron chi connectivity index (χ3n) is 5.04. The molecule has 4 heterocycles. The number of fused-ring (bicyclic) bond motifs is 1. The minimum Gasteiger partial charge on any atom is -0.355 e. The molecule has 1 fully saturated rings. The van der Waals surface area contributed by atoms with Crippen LogP contribution in [-0.4, -0.2) is 50.4 Å². The van der Waals surface area contributed by atoms with Gasteiger partial charge >= 0.3 is 0 Å². The Kier molecular flexibility index (Phi) is 5.91. The van der Waals surface area contributed by atoms with Gasteiger partial charge in [0.05, 0.1) is 35.2 Å². The molecule has 1 unspecified atom stereocenters. The van der Waals surface area contributed by atoms with E-state index in [0.717, 1.165) is 23.8 Å². The maximum absolute atomic E-state index is 12.6. The number of rotatable bonds is 5. The van der Waals surface area contributed by atoms with E-state index in [4.69, 9.17) is 11.6 Å². The number of amides is 2. The molecule has 0 bridgehead atoms. The number of anilines is 1. The molecule has 0 radical (unpaired) electrons. The SMILES string of the molecule is C[C@@H](NC1CCCCNC1=O)C(=O)Nc1cncc(-c2c[nH]c3ncc(Cl)cc23)n1. The fourth-order valence-electron chi connectivity index (χ4n) is 3.46. The number of H-pyrrole nitrogens is 1. The first-order valence-electron chi connectivity index (χ1n) is 9.81. The number of hydrogen-bond acceptors (Lipinski definition) is 6. The summed E-state index contributed by atoms with van der Waals surface area (Å²) in [6, 6.07) is 0.849. The first-order chi connectivity index (χ1) is 14.5. The minimum atomic E-state index is -0.569. The molecule has 1 saturated heterocycles. The molecule has 0 saturated carbocycles. The van der Waals surface area contributed by atoms with Crippen molar-refractivity contribution >= 4 is 40.3 Å². The van der Waals surface area contributed by atoms with Gasteiger partial charge in [0.1, 0.15) is 5.65 Å². The quantitative estimate of drug-likeness (QED) is 0.495. The second kappa shape index (κ2) is 8.76. The molecular formula is C20H22ClN7O2. The second-order valence-electron chi connectivity index (χ2n) is 7.26. The smallest absolute Gasteiger partial charge is 0.242 e. The largest absolute Gasteiger partial charge is 0.355 e. The van der Waals surface area contributed by atoms with Crippen LogP contribution in [0.3, 0.4) is 0 Å². The number of nitrogens with zero attached hydrogens (tertiary/aromatic N) is 3. The summed E-state index contributed by atoms with van der Waals surface area (Å²) in [5, 5.41) is 10.1. The van der Waals surface area contributed by atoms with Crippen LogP contribution < -0.4 is 16.0 Å². The lowest BCUT2D eigenvalue weighted by Crippen LogP contribution is -2.50. The van der Waals surface area contributed by atoms with Gasteiger partial charge in [0.15, 0.2) is 5.82 Å². The maximum Gasteiger partial charge on any atom is 0.242 e. The van der Waals surface area contributed by atoms with Crippen molar-refractivity contribution in [3.63, 3.8) is 0 Å². The third kappa shape index (κ3) is 4.42. The molecule has 3 aromatic rings. The van der Waals surface area contributed by atoms with E-state index in [2.05, 4.69) is 35.9 Å². The van der Waals surface area contributed by atoms with Crippen LogP contribution in [0, 0.1) is 0 Å². The molecule has 1 aliphatic rings. The Balaban J connectivity index is 1.48. The van der Waals surface area contributed by atoms with E-state index in [0.29, 0.717) is 35.1 Å². The molecule has 1 aliphatic heterocycles. The molecule has 9 nitrogen and oxygen atoms in total. The Bertz CT molecular complexity index is 1080. The highest BCUT2D eigenvalue weighted by Gasteiger charge is 2.25. The van der Waals surface area contributed by atoms with Crippen LogP contribution in [0.1, 0.15) is 26.2 Å². The predicted molar refractivity (Wildman–Crippen MR) is 114 cm³/mol. The Labute approximate surface area is 178 Å². The highest BCUT2D eigenvalue weighted by molar-refractivity contribution is 6.31. The zero-order valence-electron chi connectivity index (χ0n) is 16.4. The number of aromatic amines is 1. The van der Waals surface area contributed by atoms with E-state index in [9.17, 15) is 9.59 Å². The first kappa shape index (κ1) is 20.2. The van der Waals surface area contributed by atoms with E-state index in [-0.39, 0.29) is 17.9 Å². The number of pyridine rings is 1. The lowest BCUT2D eigenvalue weighted by molar-refractivity contribution is -0.123. The van der Waals surface area contributed by atoms with Crippen LogP contribution in [0.2, 0.25) is 5.02 Å². The zero-order chi connectivity index (χ0) is 21.1. The molecule has 4 rings (SSSR count). The topological polar surface area (TPSA) is 125 Å². The first-order valence-corrected chi connectivity index (χ1v) is 10.2. The van der Waals surface area contributed by atoms with Gasteiger partial charge in [-0.25, -0.2) is 9.97 Å². The van der Waals surface area contributed by atoms with Crippen LogP contribution in [0.25, 0.3) is 22.3 Å². The Hall–Kier alpha value is -3.04. The van der Waals surface area contributed by atoms with Gasteiger partial charge < -0.3 is 15.6 Å². The summed E-state index contributed by atoms with van der Waals surface area (Å²) in [5.74, 6) is -0.0384. The van der Waals surface area contributed by atoms with Gasteiger partial charge in [-0.1, -0.05) is 11.6 Å². The van der Waals surface area contributed by atoms with Crippen LogP contribution in [0.5, 0.6) is 0 Å². The highest BCUT2D eigenvalue weighted by Crippen LogP contribution is 2.28. The number of carbonyl (C=O) groups is 2. The summed E-state index contributed by atoms with van der Waals surface area (Å²) in [4.78, 5) is 40.7.